The predicted molar refractivity (Wildman–Crippen MR) is 89.4 cm³/mol. The van der Waals surface area contributed by atoms with E-state index in [1.54, 1.807) is 6.92 Å². The Kier molecular flexibility index (Phi) is 15.4. The molecule has 0 spiro atoms. The summed E-state index contributed by atoms with van der Waals surface area (Å²) < 4.78 is 14.3. The van der Waals surface area contributed by atoms with E-state index >= 15 is 0 Å². The second-order valence-electron chi connectivity index (χ2n) is 4.60. The summed E-state index contributed by atoms with van der Waals surface area (Å²) in [5.41, 5.74) is 0.431. The van der Waals surface area contributed by atoms with Crippen LogP contribution in [0, 0.1) is 0 Å². The molecule has 0 amide bonds. The zero-order valence-corrected chi connectivity index (χ0v) is 14.3. The summed E-state index contributed by atoms with van der Waals surface area (Å²) in [7, 11) is 0. The van der Waals surface area contributed by atoms with Crippen LogP contribution in [0.2, 0.25) is 0 Å². The Labute approximate surface area is 142 Å². The fourth-order valence-corrected chi connectivity index (χ4v) is 0.832. The zero-order valence-electron chi connectivity index (χ0n) is 14.3. The van der Waals surface area contributed by atoms with E-state index in [0.717, 1.165) is 18.9 Å². The normalized spacial score (nSPS) is 13.7. The maximum Gasteiger partial charge on any atom is 0.333 e. The van der Waals surface area contributed by atoms with Gasteiger partial charge in [0.25, 0.3) is 0 Å². The average molecular weight is 342 g/mol. The molecule has 0 bridgehead atoms. The highest BCUT2D eigenvalue weighted by Crippen LogP contribution is 2.09. The van der Waals surface area contributed by atoms with Crippen molar-refractivity contribution in [2.75, 3.05) is 19.8 Å². The molecule has 1 unspecified atom stereocenters. The van der Waals surface area contributed by atoms with Crippen molar-refractivity contribution in [3.05, 3.63) is 37.5 Å². The molecule has 0 aromatic heterocycles. The lowest BCUT2D eigenvalue weighted by molar-refractivity contribution is -0.139. The van der Waals surface area contributed by atoms with E-state index in [9.17, 15) is 14.4 Å². The first-order valence-electron chi connectivity index (χ1n) is 7.37. The minimum Gasteiger partial charge on any atom is -0.478 e. The van der Waals surface area contributed by atoms with Crippen molar-refractivity contribution in [2.24, 2.45) is 0 Å². The topological polar surface area (TPSA) is 102 Å². The van der Waals surface area contributed by atoms with Crippen molar-refractivity contribution in [1.29, 1.82) is 0 Å². The Morgan fingerprint density at radius 2 is 1.79 bits per heavy atom. The Balaban J connectivity index is 0. The maximum absolute atomic E-state index is 10.7. The van der Waals surface area contributed by atoms with Crippen LogP contribution in [0.4, 0.5) is 0 Å². The Bertz CT molecular complexity index is 436. The van der Waals surface area contributed by atoms with Crippen LogP contribution in [0.3, 0.4) is 0 Å². The third-order valence-corrected chi connectivity index (χ3v) is 2.23. The van der Waals surface area contributed by atoms with Gasteiger partial charge in [0.2, 0.25) is 0 Å². The van der Waals surface area contributed by atoms with Crippen LogP contribution in [-0.4, -0.2) is 48.9 Å². The largest absolute Gasteiger partial charge is 0.478 e. The molecule has 0 aliphatic carbocycles. The van der Waals surface area contributed by atoms with Crippen LogP contribution in [0.25, 0.3) is 0 Å². The van der Waals surface area contributed by atoms with Crippen LogP contribution in [0.5, 0.6) is 0 Å². The van der Waals surface area contributed by atoms with Crippen LogP contribution in [0.15, 0.2) is 37.5 Å². The summed E-state index contributed by atoms with van der Waals surface area (Å²) in [6.07, 6.45) is 4.13. The first kappa shape index (κ1) is 23.9. The second-order valence-corrected chi connectivity index (χ2v) is 4.60. The van der Waals surface area contributed by atoms with Crippen molar-refractivity contribution >= 4 is 17.9 Å². The first-order chi connectivity index (χ1) is 11.3. The third kappa shape index (κ3) is 19.6. The molecule has 1 atom stereocenters. The van der Waals surface area contributed by atoms with Gasteiger partial charge in [0.1, 0.15) is 12.7 Å². The first-order valence-corrected chi connectivity index (χ1v) is 7.37. The van der Waals surface area contributed by atoms with Gasteiger partial charge in [-0.2, -0.15) is 0 Å². The van der Waals surface area contributed by atoms with E-state index in [-0.39, 0.29) is 18.0 Å². The number of hydrogen-bond donors (Lipinski definition) is 1. The molecule has 0 aromatic rings. The Morgan fingerprint density at radius 1 is 1.25 bits per heavy atom. The van der Waals surface area contributed by atoms with E-state index in [2.05, 4.69) is 24.5 Å². The molecule has 1 fully saturated rings. The summed E-state index contributed by atoms with van der Waals surface area (Å²) in [4.78, 5) is 30.3. The van der Waals surface area contributed by atoms with Crippen molar-refractivity contribution in [2.45, 2.75) is 32.8 Å². The number of carboxylic acids is 1. The summed E-state index contributed by atoms with van der Waals surface area (Å²) in [5.74, 6) is -1.65. The second kappa shape index (κ2) is 15.5. The molecular weight excluding hydrogens is 316 g/mol. The molecule has 0 aromatic carbocycles. The number of ether oxygens (including phenoxy) is 3. The molecule has 1 heterocycles. The Morgan fingerprint density at radius 3 is 2.12 bits per heavy atom. The van der Waals surface area contributed by atoms with E-state index < -0.39 is 5.97 Å². The minimum atomic E-state index is -0.981. The molecule has 0 radical (unpaired) electrons. The quantitative estimate of drug-likeness (QED) is 0.312. The monoisotopic (exact) mass is 342 g/mol. The van der Waals surface area contributed by atoms with Gasteiger partial charge in [0.15, 0.2) is 0 Å². The molecule has 136 valence electrons. The van der Waals surface area contributed by atoms with Gasteiger partial charge < -0.3 is 19.3 Å². The van der Waals surface area contributed by atoms with Crippen LogP contribution < -0.4 is 0 Å². The lowest BCUT2D eigenvalue weighted by Crippen LogP contribution is -2.09. The number of rotatable bonds is 8. The maximum atomic E-state index is 10.7. The standard InChI is InChI=1S/C7H10O3.C7H12O2.C3H4O2/c1-5(2)7(8)10-4-6-3-9-6;1-3-5-6-9-7(8)4-2;1-2-3(4)5/h6H,1,3-4H2,2H3;4H,2-3,5-6H2,1H3;2H,1H2,(H,4,5). The van der Waals surface area contributed by atoms with E-state index in [1.807, 2.05) is 6.92 Å². The van der Waals surface area contributed by atoms with E-state index in [4.69, 9.17) is 14.6 Å². The van der Waals surface area contributed by atoms with Gasteiger partial charge in [-0.15, -0.1) is 0 Å². The average Bonchev–Trinajstić information content (AvgIpc) is 3.38. The number of carbonyl (C=O) groups excluding carboxylic acids is 2. The molecule has 1 saturated heterocycles. The van der Waals surface area contributed by atoms with Gasteiger partial charge in [0.05, 0.1) is 13.2 Å². The third-order valence-electron chi connectivity index (χ3n) is 2.23. The molecule has 1 aliphatic rings. The number of epoxide rings is 1. The highest BCUT2D eigenvalue weighted by molar-refractivity contribution is 5.86. The number of hydrogen-bond acceptors (Lipinski definition) is 6. The fraction of sp³-hybridized carbons (Fsp3) is 0.471. The highest BCUT2D eigenvalue weighted by Gasteiger charge is 2.24. The lowest BCUT2D eigenvalue weighted by atomic mass is 10.4. The highest BCUT2D eigenvalue weighted by atomic mass is 16.6. The van der Waals surface area contributed by atoms with Gasteiger partial charge in [0, 0.05) is 17.7 Å². The summed E-state index contributed by atoms with van der Waals surface area (Å²) >= 11 is 0. The lowest BCUT2D eigenvalue weighted by Gasteiger charge is -1.99. The molecule has 7 heteroatoms. The van der Waals surface area contributed by atoms with Crippen LogP contribution in [0.1, 0.15) is 26.7 Å². The smallest absolute Gasteiger partial charge is 0.333 e. The van der Waals surface area contributed by atoms with Crippen molar-refractivity contribution in [1.82, 2.24) is 0 Å². The molecule has 1 aliphatic heterocycles. The predicted octanol–water partition coefficient (Wildman–Crippen LogP) is 2.28. The van der Waals surface area contributed by atoms with Gasteiger partial charge >= 0.3 is 17.9 Å². The number of esters is 2. The van der Waals surface area contributed by atoms with Gasteiger partial charge in [-0.3, -0.25) is 0 Å². The number of carboxylic acid groups (broad SMARTS) is 1. The fourth-order valence-electron chi connectivity index (χ4n) is 0.832. The summed E-state index contributed by atoms with van der Waals surface area (Å²) in [6, 6.07) is 0. The van der Waals surface area contributed by atoms with Gasteiger partial charge in [-0.25, -0.2) is 14.4 Å². The molecule has 1 rings (SSSR count). The van der Waals surface area contributed by atoms with Crippen LogP contribution >= 0.6 is 0 Å². The molecular formula is C17H26O7. The van der Waals surface area contributed by atoms with E-state index in [1.165, 1.54) is 6.08 Å². The molecule has 1 N–H and O–H groups in total. The molecule has 0 saturated carbocycles. The van der Waals surface area contributed by atoms with Crippen molar-refractivity contribution < 1.29 is 33.7 Å². The van der Waals surface area contributed by atoms with Crippen LogP contribution in [-0.2, 0) is 28.6 Å². The SMILES string of the molecule is C=C(C)C(=O)OCC1CO1.C=CC(=O)O.C=CC(=O)OCCCC. The Hall–Kier alpha value is -2.41. The van der Waals surface area contributed by atoms with Crippen molar-refractivity contribution in [3.8, 4) is 0 Å². The molecule has 7 nitrogen and oxygen atoms in total. The number of aliphatic carboxylic acids is 1. The summed E-state index contributed by atoms with van der Waals surface area (Å²) in [5, 5.41) is 7.60. The summed E-state index contributed by atoms with van der Waals surface area (Å²) in [6.45, 7) is 14.9. The number of unbranched alkanes of at least 4 members (excludes halogenated alkanes) is 1. The van der Waals surface area contributed by atoms with E-state index in [0.29, 0.717) is 25.4 Å². The molecule has 24 heavy (non-hydrogen) atoms. The van der Waals surface area contributed by atoms with Gasteiger partial charge in [-0.1, -0.05) is 33.1 Å². The zero-order chi connectivity index (χ0) is 19.0. The number of carbonyl (C=O) groups is 3. The van der Waals surface area contributed by atoms with Gasteiger partial charge in [-0.05, 0) is 13.3 Å². The van der Waals surface area contributed by atoms with Crippen molar-refractivity contribution in [3.63, 3.8) is 0 Å². The minimum absolute atomic E-state index is 0.142.